The lowest BCUT2D eigenvalue weighted by molar-refractivity contribution is -0.143. The molecule has 30 heavy (non-hydrogen) atoms. The van der Waals surface area contributed by atoms with E-state index in [-0.39, 0.29) is 16.1 Å². The van der Waals surface area contributed by atoms with E-state index in [1.165, 1.54) is 18.2 Å². The molecule has 0 aliphatic heterocycles. The van der Waals surface area contributed by atoms with Gasteiger partial charge in [0.15, 0.2) is 5.69 Å². The second kappa shape index (κ2) is 7.39. The zero-order chi connectivity index (χ0) is 22.3. The molecule has 1 heterocycles. The van der Waals surface area contributed by atoms with Gasteiger partial charge in [-0.15, -0.1) is 0 Å². The smallest absolute Gasteiger partial charge is 0.434 e. The molecule has 0 saturated heterocycles. The number of carbonyl (C=O) groups excluding carboxylic acids is 1. The second-order valence-corrected chi connectivity index (χ2v) is 6.34. The first kappa shape index (κ1) is 21.2. The number of benzene rings is 2. The molecule has 5 nitrogen and oxygen atoms in total. The van der Waals surface area contributed by atoms with Crippen molar-refractivity contribution in [1.29, 1.82) is 0 Å². The molecule has 0 fully saturated rings. The average Bonchev–Trinajstić information content (AvgIpc) is 3.09. The number of carbonyl (C=O) groups is 1. The summed E-state index contributed by atoms with van der Waals surface area (Å²) in [5, 5.41) is 15.5. The van der Waals surface area contributed by atoms with Crippen LogP contribution in [-0.2, 0) is 12.4 Å². The Morgan fingerprint density at radius 1 is 1.03 bits per heavy atom. The summed E-state index contributed by atoms with van der Waals surface area (Å²) in [4.78, 5) is 12.4. The topological polar surface area (TPSA) is 67.2 Å². The van der Waals surface area contributed by atoms with Gasteiger partial charge in [-0.05, 0) is 42.8 Å². The fourth-order valence-electron chi connectivity index (χ4n) is 2.73. The number of anilines is 1. The van der Waals surface area contributed by atoms with Crippen LogP contribution in [0.1, 0.15) is 27.2 Å². The van der Waals surface area contributed by atoms with Crippen LogP contribution in [0.4, 0.5) is 32.0 Å². The van der Waals surface area contributed by atoms with Crippen LogP contribution in [-0.4, -0.2) is 20.8 Å². The number of rotatable bonds is 3. The van der Waals surface area contributed by atoms with Crippen LogP contribution in [0, 0.1) is 6.92 Å². The van der Waals surface area contributed by atoms with Gasteiger partial charge in [-0.25, -0.2) is 4.68 Å². The lowest BCUT2D eigenvalue weighted by Crippen LogP contribution is -2.21. The van der Waals surface area contributed by atoms with Gasteiger partial charge in [-0.3, -0.25) is 4.79 Å². The molecule has 158 valence electrons. The fourth-order valence-corrected chi connectivity index (χ4v) is 2.73. The zero-order valence-corrected chi connectivity index (χ0v) is 15.1. The molecule has 0 spiro atoms. The Bertz CT molecular complexity index is 1100. The highest BCUT2D eigenvalue weighted by molar-refractivity contribution is 6.05. The predicted octanol–water partition coefficient (Wildman–Crippen LogP) is 5.18. The monoisotopic (exact) mass is 429 g/mol. The minimum absolute atomic E-state index is 0.134. The van der Waals surface area contributed by atoms with Crippen molar-refractivity contribution in [2.75, 3.05) is 5.32 Å². The summed E-state index contributed by atoms with van der Waals surface area (Å²) in [7, 11) is 0. The van der Waals surface area contributed by atoms with Crippen LogP contribution in [0.15, 0.2) is 48.7 Å². The van der Waals surface area contributed by atoms with Crippen molar-refractivity contribution in [2.24, 2.45) is 0 Å². The summed E-state index contributed by atoms with van der Waals surface area (Å²) in [6, 6.07) is 7.25. The third-order valence-corrected chi connectivity index (χ3v) is 4.10. The molecule has 0 atom stereocenters. The Labute approximate surface area is 165 Å². The molecule has 0 saturated carbocycles. The summed E-state index contributed by atoms with van der Waals surface area (Å²) in [6.45, 7) is 1.66. The summed E-state index contributed by atoms with van der Waals surface area (Å²) >= 11 is 0. The maximum absolute atomic E-state index is 13.7. The Kier molecular flexibility index (Phi) is 5.23. The number of hydrogen-bond donors (Lipinski definition) is 2. The van der Waals surface area contributed by atoms with Gasteiger partial charge >= 0.3 is 12.4 Å². The largest absolute Gasteiger partial charge is 0.506 e. The normalized spacial score (nSPS) is 12.1. The number of amides is 1. The number of nitrogens with zero attached hydrogens (tertiary/aromatic N) is 2. The molecule has 0 aliphatic rings. The van der Waals surface area contributed by atoms with Crippen LogP contribution in [0.5, 0.6) is 5.75 Å². The van der Waals surface area contributed by atoms with Gasteiger partial charge in [-0.1, -0.05) is 12.1 Å². The van der Waals surface area contributed by atoms with Gasteiger partial charge in [-0.2, -0.15) is 31.4 Å². The standard InChI is InChI=1S/C19H13F6N3O2/c1-10-5-6-14(15(29)7-10)27-17(30)13-9-26-28(16(13)19(23,24)25)12-4-2-3-11(8-12)18(20,21)22/h2-9,29H,1H3,(H,27,30). The Hall–Kier alpha value is -3.50. The highest BCUT2D eigenvalue weighted by Crippen LogP contribution is 2.36. The van der Waals surface area contributed by atoms with Crippen LogP contribution >= 0.6 is 0 Å². The van der Waals surface area contributed by atoms with Crippen LogP contribution in [0.25, 0.3) is 5.69 Å². The SMILES string of the molecule is Cc1ccc(NC(=O)c2cnn(-c3cccc(C(F)(F)F)c3)c2C(F)(F)F)c(O)c1. The summed E-state index contributed by atoms with van der Waals surface area (Å²) < 4.78 is 80.0. The average molecular weight is 429 g/mol. The number of aromatic hydroxyl groups is 1. The lowest BCUT2D eigenvalue weighted by atomic mass is 10.1. The van der Waals surface area contributed by atoms with Crippen molar-refractivity contribution in [3.8, 4) is 11.4 Å². The lowest BCUT2D eigenvalue weighted by Gasteiger charge is -2.14. The number of hydrogen-bond acceptors (Lipinski definition) is 3. The maximum atomic E-state index is 13.7. The molecule has 11 heteroatoms. The molecule has 2 N–H and O–H groups in total. The van der Waals surface area contributed by atoms with Gasteiger partial charge in [0.2, 0.25) is 0 Å². The molecule has 0 unspecified atom stereocenters. The molecule has 0 aliphatic carbocycles. The molecular weight excluding hydrogens is 416 g/mol. The van der Waals surface area contributed by atoms with E-state index in [2.05, 4.69) is 10.4 Å². The minimum Gasteiger partial charge on any atom is -0.506 e. The van der Waals surface area contributed by atoms with E-state index in [1.807, 2.05) is 0 Å². The van der Waals surface area contributed by atoms with Crippen LogP contribution in [0.3, 0.4) is 0 Å². The van der Waals surface area contributed by atoms with E-state index in [9.17, 15) is 36.2 Å². The molecular formula is C19H13F6N3O2. The van der Waals surface area contributed by atoms with Gasteiger partial charge in [0.25, 0.3) is 5.91 Å². The highest BCUT2D eigenvalue weighted by Gasteiger charge is 2.41. The van der Waals surface area contributed by atoms with Crippen molar-refractivity contribution in [3.63, 3.8) is 0 Å². The van der Waals surface area contributed by atoms with Crippen LogP contribution < -0.4 is 5.32 Å². The van der Waals surface area contributed by atoms with Crippen molar-refractivity contribution in [1.82, 2.24) is 9.78 Å². The minimum atomic E-state index is -5.10. The quantitative estimate of drug-likeness (QED) is 0.446. The zero-order valence-electron chi connectivity index (χ0n) is 15.1. The van der Waals surface area contributed by atoms with Crippen molar-refractivity contribution >= 4 is 11.6 Å². The number of aryl methyl sites for hydroxylation is 1. The summed E-state index contributed by atoms with van der Waals surface area (Å²) in [6.07, 6.45) is -9.28. The molecule has 1 aromatic heterocycles. The van der Waals surface area contributed by atoms with E-state index < -0.39 is 40.8 Å². The van der Waals surface area contributed by atoms with Gasteiger partial charge in [0.1, 0.15) is 5.75 Å². The second-order valence-electron chi connectivity index (χ2n) is 6.34. The van der Waals surface area contributed by atoms with E-state index in [4.69, 9.17) is 0 Å². The number of halogens is 6. The Morgan fingerprint density at radius 3 is 2.33 bits per heavy atom. The first-order chi connectivity index (χ1) is 13.9. The number of nitrogens with one attached hydrogen (secondary N) is 1. The van der Waals surface area contributed by atoms with Gasteiger partial charge in [0.05, 0.1) is 28.7 Å². The van der Waals surface area contributed by atoms with E-state index in [0.29, 0.717) is 23.9 Å². The van der Waals surface area contributed by atoms with Crippen molar-refractivity contribution < 1.29 is 36.2 Å². The van der Waals surface area contributed by atoms with E-state index in [1.54, 1.807) is 6.92 Å². The van der Waals surface area contributed by atoms with Crippen molar-refractivity contribution in [3.05, 3.63) is 71.0 Å². The van der Waals surface area contributed by atoms with Crippen molar-refractivity contribution in [2.45, 2.75) is 19.3 Å². The Morgan fingerprint density at radius 2 is 1.73 bits per heavy atom. The summed E-state index contributed by atoms with van der Waals surface area (Å²) in [5.41, 5.74) is -3.64. The summed E-state index contributed by atoms with van der Waals surface area (Å²) in [5.74, 6) is -1.60. The van der Waals surface area contributed by atoms with Gasteiger partial charge in [0, 0.05) is 0 Å². The van der Waals surface area contributed by atoms with E-state index in [0.717, 1.165) is 12.1 Å². The molecule has 3 rings (SSSR count). The number of phenolic OH excluding ortho intramolecular Hbond substituents is 1. The first-order valence-corrected chi connectivity index (χ1v) is 8.32. The number of aromatic nitrogens is 2. The fraction of sp³-hybridized carbons (Fsp3) is 0.158. The highest BCUT2D eigenvalue weighted by atomic mass is 19.4. The van der Waals surface area contributed by atoms with E-state index >= 15 is 0 Å². The molecule has 2 aromatic carbocycles. The molecule has 3 aromatic rings. The molecule has 1 amide bonds. The third kappa shape index (κ3) is 4.24. The molecule has 0 radical (unpaired) electrons. The van der Waals surface area contributed by atoms with Crippen LogP contribution in [0.2, 0.25) is 0 Å². The maximum Gasteiger partial charge on any atom is 0.434 e. The van der Waals surface area contributed by atoms with Gasteiger partial charge < -0.3 is 10.4 Å². The first-order valence-electron chi connectivity index (χ1n) is 8.32. The predicted molar refractivity (Wildman–Crippen MR) is 94.4 cm³/mol. The number of alkyl halides is 6. The number of phenols is 1. The molecule has 0 bridgehead atoms. The third-order valence-electron chi connectivity index (χ3n) is 4.10. The Balaban J connectivity index is 2.06.